The Morgan fingerprint density at radius 2 is 2.40 bits per heavy atom. The summed E-state index contributed by atoms with van der Waals surface area (Å²) in [6, 6.07) is 0. The number of carbonyl (C=O) groups is 1. The van der Waals surface area contributed by atoms with Crippen molar-refractivity contribution in [2.24, 2.45) is 0 Å². The van der Waals surface area contributed by atoms with Crippen LogP contribution in [-0.4, -0.2) is 34.0 Å². The maximum Gasteiger partial charge on any atom is 0.316 e. The first-order valence-electron chi connectivity index (χ1n) is 4.87. The lowest BCUT2D eigenvalue weighted by molar-refractivity contribution is -0.137. The number of esters is 1. The van der Waals surface area contributed by atoms with E-state index in [9.17, 15) is 4.79 Å². The molecule has 0 fully saturated rings. The summed E-state index contributed by atoms with van der Waals surface area (Å²) >= 11 is 1.28. The first-order chi connectivity index (χ1) is 7.26. The maximum atomic E-state index is 10.9. The largest absolute Gasteiger partial charge is 0.468 e. The summed E-state index contributed by atoms with van der Waals surface area (Å²) in [6.07, 6.45) is 3.13. The van der Waals surface area contributed by atoms with E-state index >= 15 is 0 Å². The third-order valence-corrected chi connectivity index (χ3v) is 2.65. The zero-order valence-corrected chi connectivity index (χ0v) is 9.76. The number of unbranched alkanes of at least 4 members (excludes halogenated alkanes) is 1. The minimum absolute atomic E-state index is 0.252. The maximum absolute atomic E-state index is 10.9. The van der Waals surface area contributed by atoms with Gasteiger partial charge in [-0.2, -0.15) is 0 Å². The van der Waals surface area contributed by atoms with Gasteiger partial charge in [0, 0.05) is 6.42 Å². The Morgan fingerprint density at radius 3 is 3.07 bits per heavy atom. The Balaban J connectivity index is 2.35. The molecule has 0 unspecified atom stereocenters. The number of aromatic nitrogens is 3. The molecule has 6 heteroatoms. The van der Waals surface area contributed by atoms with Crippen LogP contribution in [0.25, 0.3) is 0 Å². The molecule has 1 heterocycles. The molecule has 0 aliphatic heterocycles. The molecule has 0 amide bonds. The number of nitrogens with zero attached hydrogens (tertiary/aromatic N) is 2. The molecule has 0 saturated heterocycles. The number of carbonyl (C=O) groups excluding carboxylic acids is 1. The van der Waals surface area contributed by atoms with Gasteiger partial charge in [-0.3, -0.25) is 9.89 Å². The van der Waals surface area contributed by atoms with Gasteiger partial charge in [0.25, 0.3) is 0 Å². The van der Waals surface area contributed by atoms with Gasteiger partial charge >= 0.3 is 5.97 Å². The third-order valence-electron chi connectivity index (χ3n) is 1.83. The Kier molecular flexibility index (Phi) is 5.17. The van der Waals surface area contributed by atoms with Crippen molar-refractivity contribution in [3.05, 3.63) is 5.82 Å². The summed E-state index contributed by atoms with van der Waals surface area (Å²) in [5.74, 6) is 0.866. The highest BCUT2D eigenvalue weighted by Gasteiger charge is 2.06. The van der Waals surface area contributed by atoms with Crippen molar-refractivity contribution < 1.29 is 9.53 Å². The fourth-order valence-electron chi connectivity index (χ4n) is 0.981. The zero-order valence-electron chi connectivity index (χ0n) is 8.95. The zero-order chi connectivity index (χ0) is 11.1. The second kappa shape index (κ2) is 6.44. The number of nitrogens with one attached hydrogen (secondary N) is 1. The second-order valence-electron chi connectivity index (χ2n) is 3.03. The van der Waals surface area contributed by atoms with Gasteiger partial charge in [0.15, 0.2) is 0 Å². The molecule has 0 spiro atoms. The monoisotopic (exact) mass is 229 g/mol. The van der Waals surface area contributed by atoms with E-state index < -0.39 is 0 Å². The number of ether oxygens (including phenoxy) is 1. The van der Waals surface area contributed by atoms with Gasteiger partial charge in [-0.15, -0.1) is 5.10 Å². The van der Waals surface area contributed by atoms with Crippen molar-refractivity contribution in [2.45, 2.75) is 31.3 Å². The van der Waals surface area contributed by atoms with Crippen molar-refractivity contribution in [1.29, 1.82) is 0 Å². The molecular weight excluding hydrogens is 214 g/mol. The number of aryl methyl sites for hydroxylation is 1. The standard InChI is InChI=1S/C9H15N3O2S/c1-3-4-5-7-10-9(12-11-7)15-6-8(13)14-2/h3-6H2,1-2H3,(H,10,11,12). The van der Waals surface area contributed by atoms with Gasteiger partial charge in [-0.1, -0.05) is 25.1 Å². The van der Waals surface area contributed by atoms with E-state index in [-0.39, 0.29) is 11.7 Å². The van der Waals surface area contributed by atoms with Gasteiger partial charge in [0.05, 0.1) is 12.9 Å². The molecule has 84 valence electrons. The Labute approximate surface area is 93.0 Å². The van der Waals surface area contributed by atoms with Crippen molar-refractivity contribution in [1.82, 2.24) is 15.2 Å². The number of hydrogen-bond acceptors (Lipinski definition) is 5. The lowest BCUT2D eigenvalue weighted by Gasteiger charge is -1.94. The number of aromatic amines is 1. The summed E-state index contributed by atoms with van der Waals surface area (Å²) in [5.41, 5.74) is 0. The van der Waals surface area contributed by atoms with Crippen LogP contribution in [0.1, 0.15) is 25.6 Å². The lowest BCUT2D eigenvalue weighted by Crippen LogP contribution is -2.03. The molecule has 0 aliphatic carbocycles. The number of hydrogen-bond donors (Lipinski definition) is 1. The first-order valence-corrected chi connectivity index (χ1v) is 5.85. The predicted molar refractivity (Wildman–Crippen MR) is 57.7 cm³/mol. The van der Waals surface area contributed by atoms with Gasteiger partial charge in [-0.05, 0) is 6.42 Å². The van der Waals surface area contributed by atoms with Crippen molar-refractivity contribution in [2.75, 3.05) is 12.9 Å². The van der Waals surface area contributed by atoms with Crippen LogP contribution in [0.5, 0.6) is 0 Å². The Morgan fingerprint density at radius 1 is 1.60 bits per heavy atom. The summed E-state index contributed by atoms with van der Waals surface area (Å²) in [5, 5.41) is 7.45. The molecule has 5 nitrogen and oxygen atoms in total. The normalized spacial score (nSPS) is 10.3. The van der Waals surface area contributed by atoms with E-state index in [4.69, 9.17) is 0 Å². The van der Waals surface area contributed by atoms with Crippen LogP contribution in [-0.2, 0) is 16.0 Å². The number of rotatable bonds is 6. The fraction of sp³-hybridized carbons (Fsp3) is 0.667. The molecule has 0 radical (unpaired) electrons. The third kappa shape index (κ3) is 4.33. The van der Waals surface area contributed by atoms with E-state index in [0.29, 0.717) is 5.16 Å². The topological polar surface area (TPSA) is 67.9 Å². The highest BCUT2D eigenvalue weighted by Crippen LogP contribution is 2.12. The van der Waals surface area contributed by atoms with Crippen LogP contribution in [0.15, 0.2) is 5.16 Å². The summed E-state index contributed by atoms with van der Waals surface area (Å²) in [7, 11) is 1.37. The molecule has 1 aromatic rings. The molecule has 1 aromatic heterocycles. The average Bonchev–Trinajstić information content (AvgIpc) is 2.71. The van der Waals surface area contributed by atoms with Crippen molar-refractivity contribution in [3.63, 3.8) is 0 Å². The van der Waals surface area contributed by atoms with Crippen molar-refractivity contribution in [3.8, 4) is 0 Å². The van der Waals surface area contributed by atoms with E-state index in [2.05, 4.69) is 26.8 Å². The SMILES string of the molecule is CCCCc1nc(SCC(=O)OC)n[nH]1. The number of H-pyrrole nitrogens is 1. The molecule has 0 saturated carbocycles. The fourth-order valence-corrected chi connectivity index (χ4v) is 1.63. The quantitative estimate of drug-likeness (QED) is 0.590. The average molecular weight is 229 g/mol. The summed E-state index contributed by atoms with van der Waals surface area (Å²) in [4.78, 5) is 15.1. The van der Waals surface area contributed by atoms with E-state index in [1.165, 1.54) is 18.9 Å². The number of methoxy groups -OCH3 is 1. The summed E-state index contributed by atoms with van der Waals surface area (Å²) < 4.78 is 4.52. The summed E-state index contributed by atoms with van der Waals surface area (Å²) in [6.45, 7) is 2.13. The first kappa shape index (κ1) is 12.0. The highest BCUT2D eigenvalue weighted by molar-refractivity contribution is 7.99. The van der Waals surface area contributed by atoms with Crippen LogP contribution in [0.2, 0.25) is 0 Å². The van der Waals surface area contributed by atoms with Crippen LogP contribution in [0.4, 0.5) is 0 Å². The number of thioether (sulfide) groups is 1. The predicted octanol–water partition coefficient (Wildman–Crippen LogP) is 1.41. The Hall–Kier alpha value is -1.04. The smallest absolute Gasteiger partial charge is 0.316 e. The highest BCUT2D eigenvalue weighted by atomic mass is 32.2. The Bertz CT molecular complexity index is 314. The second-order valence-corrected chi connectivity index (χ2v) is 3.98. The molecule has 15 heavy (non-hydrogen) atoms. The lowest BCUT2D eigenvalue weighted by atomic mass is 10.2. The van der Waals surface area contributed by atoms with Gasteiger partial charge < -0.3 is 4.74 Å². The molecule has 1 rings (SSSR count). The van der Waals surface area contributed by atoms with Crippen LogP contribution >= 0.6 is 11.8 Å². The van der Waals surface area contributed by atoms with Crippen LogP contribution in [0, 0.1) is 0 Å². The molecule has 0 aliphatic rings. The molecular formula is C9H15N3O2S. The minimum atomic E-state index is -0.264. The van der Waals surface area contributed by atoms with Gasteiger partial charge in [-0.25, -0.2) is 4.98 Å². The van der Waals surface area contributed by atoms with Gasteiger partial charge in [0.1, 0.15) is 5.82 Å². The van der Waals surface area contributed by atoms with Crippen LogP contribution < -0.4 is 0 Å². The van der Waals surface area contributed by atoms with Crippen molar-refractivity contribution >= 4 is 17.7 Å². The van der Waals surface area contributed by atoms with Gasteiger partial charge in [0.2, 0.25) is 5.16 Å². The molecule has 1 N–H and O–H groups in total. The molecule has 0 aromatic carbocycles. The van der Waals surface area contributed by atoms with E-state index in [1.807, 2.05) is 0 Å². The minimum Gasteiger partial charge on any atom is -0.468 e. The van der Waals surface area contributed by atoms with E-state index in [1.54, 1.807) is 0 Å². The van der Waals surface area contributed by atoms with E-state index in [0.717, 1.165) is 25.1 Å². The van der Waals surface area contributed by atoms with Crippen LogP contribution in [0.3, 0.4) is 0 Å². The molecule has 0 atom stereocenters. The molecule has 0 bridgehead atoms.